The summed E-state index contributed by atoms with van der Waals surface area (Å²) in [6.45, 7) is 3.12. The first-order valence-electron chi connectivity index (χ1n) is 8.94. The van der Waals surface area contributed by atoms with Gasteiger partial charge in [0.05, 0.1) is 18.8 Å². The summed E-state index contributed by atoms with van der Waals surface area (Å²) in [6, 6.07) is 10.8. The Hall–Kier alpha value is -1.20. The van der Waals surface area contributed by atoms with Crippen LogP contribution in [-0.4, -0.2) is 35.8 Å². The number of hydrogen-bond donors (Lipinski definition) is 1. The van der Waals surface area contributed by atoms with Gasteiger partial charge in [-0.2, -0.15) is 0 Å². The molecule has 0 spiro atoms. The van der Waals surface area contributed by atoms with E-state index in [4.69, 9.17) is 4.74 Å². The third kappa shape index (κ3) is 3.57. The van der Waals surface area contributed by atoms with E-state index >= 15 is 0 Å². The number of ether oxygens (including phenoxy) is 1. The molecule has 3 nitrogen and oxygen atoms in total. The van der Waals surface area contributed by atoms with Gasteiger partial charge in [-0.1, -0.05) is 24.3 Å². The van der Waals surface area contributed by atoms with E-state index in [1.54, 1.807) is 0 Å². The van der Waals surface area contributed by atoms with Crippen molar-refractivity contribution in [2.24, 2.45) is 0 Å². The fourth-order valence-electron chi connectivity index (χ4n) is 3.92. The van der Waals surface area contributed by atoms with Crippen molar-refractivity contribution in [3.05, 3.63) is 57.3 Å². The molecule has 1 aromatic heterocycles. The summed E-state index contributed by atoms with van der Waals surface area (Å²) in [7, 11) is 0. The second-order valence-corrected chi connectivity index (χ2v) is 7.92. The van der Waals surface area contributed by atoms with E-state index in [2.05, 4.69) is 40.6 Å². The first-order chi connectivity index (χ1) is 11.8. The van der Waals surface area contributed by atoms with Crippen LogP contribution < -0.4 is 0 Å². The van der Waals surface area contributed by atoms with Crippen molar-refractivity contribution >= 4 is 11.3 Å². The number of nitrogens with zero attached hydrogens (tertiary/aromatic N) is 1. The van der Waals surface area contributed by atoms with Crippen LogP contribution in [0.2, 0.25) is 0 Å². The largest absolute Gasteiger partial charge is 0.389 e. The lowest BCUT2D eigenvalue weighted by molar-refractivity contribution is -0.0293. The SMILES string of the molecule is O[C@H](CO[C@@H]1CCCc2ccccc21)CN1CCc2sccc2C1. The van der Waals surface area contributed by atoms with Gasteiger partial charge < -0.3 is 9.84 Å². The molecule has 0 radical (unpaired) electrons. The number of fused-ring (bicyclic) bond motifs is 2. The van der Waals surface area contributed by atoms with Gasteiger partial charge >= 0.3 is 0 Å². The number of aryl methyl sites for hydroxylation is 1. The maximum Gasteiger partial charge on any atom is 0.0900 e. The van der Waals surface area contributed by atoms with Crippen molar-refractivity contribution < 1.29 is 9.84 Å². The molecule has 0 saturated carbocycles. The number of thiophene rings is 1. The highest BCUT2D eigenvalue weighted by molar-refractivity contribution is 7.10. The van der Waals surface area contributed by atoms with Crippen molar-refractivity contribution in [3.8, 4) is 0 Å². The van der Waals surface area contributed by atoms with Crippen molar-refractivity contribution in [2.75, 3.05) is 19.7 Å². The Morgan fingerprint density at radius 3 is 3.08 bits per heavy atom. The maximum atomic E-state index is 10.4. The van der Waals surface area contributed by atoms with Gasteiger partial charge in [-0.15, -0.1) is 11.3 Å². The molecule has 2 heterocycles. The molecular weight excluding hydrogens is 318 g/mol. The summed E-state index contributed by atoms with van der Waals surface area (Å²) >= 11 is 1.85. The van der Waals surface area contributed by atoms with Crippen LogP contribution in [0.25, 0.3) is 0 Å². The summed E-state index contributed by atoms with van der Waals surface area (Å²) in [5.41, 5.74) is 4.15. The minimum absolute atomic E-state index is 0.148. The second-order valence-electron chi connectivity index (χ2n) is 6.92. The third-order valence-corrected chi connectivity index (χ3v) is 6.18. The zero-order chi connectivity index (χ0) is 16.4. The molecule has 2 aromatic rings. The Morgan fingerprint density at radius 2 is 2.12 bits per heavy atom. The summed E-state index contributed by atoms with van der Waals surface area (Å²) in [6.07, 6.45) is 4.22. The van der Waals surface area contributed by atoms with Gasteiger partial charge in [0.1, 0.15) is 0 Å². The maximum absolute atomic E-state index is 10.4. The number of rotatable bonds is 5. The predicted molar refractivity (Wildman–Crippen MR) is 97.4 cm³/mol. The van der Waals surface area contributed by atoms with E-state index < -0.39 is 6.10 Å². The van der Waals surface area contributed by atoms with Crippen molar-refractivity contribution in [3.63, 3.8) is 0 Å². The lowest BCUT2D eigenvalue weighted by Crippen LogP contribution is -2.38. The van der Waals surface area contributed by atoms with Crippen LogP contribution in [0, 0.1) is 0 Å². The normalized spacial score (nSPS) is 22.0. The van der Waals surface area contributed by atoms with Gasteiger partial charge in [0, 0.05) is 24.5 Å². The van der Waals surface area contributed by atoms with E-state index in [-0.39, 0.29) is 6.10 Å². The van der Waals surface area contributed by atoms with Crippen molar-refractivity contribution in [1.29, 1.82) is 0 Å². The van der Waals surface area contributed by atoms with E-state index in [1.165, 1.54) is 28.0 Å². The summed E-state index contributed by atoms with van der Waals surface area (Å²) in [5.74, 6) is 0. The molecule has 0 saturated heterocycles. The van der Waals surface area contributed by atoms with Gasteiger partial charge in [0.15, 0.2) is 0 Å². The summed E-state index contributed by atoms with van der Waals surface area (Å²) in [5, 5.41) is 12.6. The number of aliphatic hydroxyl groups is 1. The number of hydrogen-bond acceptors (Lipinski definition) is 4. The molecule has 1 aliphatic carbocycles. The molecule has 1 N–H and O–H groups in total. The fraction of sp³-hybridized carbons (Fsp3) is 0.500. The average molecular weight is 343 g/mol. The molecule has 4 rings (SSSR count). The Balaban J connectivity index is 1.29. The van der Waals surface area contributed by atoms with E-state index in [0.29, 0.717) is 13.2 Å². The second kappa shape index (κ2) is 7.36. The Kier molecular flexibility index (Phi) is 4.99. The summed E-state index contributed by atoms with van der Waals surface area (Å²) in [4.78, 5) is 3.86. The molecule has 0 fully saturated rings. The van der Waals surface area contributed by atoms with Crippen LogP contribution in [0.5, 0.6) is 0 Å². The molecule has 24 heavy (non-hydrogen) atoms. The predicted octanol–water partition coefficient (Wildman–Crippen LogP) is 3.56. The molecule has 128 valence electrons. The fourth-order valence-corrected chi connectivity index (χ4v) is 4.81. The molecule has 0 unspecified atom stereocenters. The van der Waals surface area contributed by atoms with E-state index in [0.717, 1.165) is 32.4 Å². The standard InChI is InChI=1S/C20H25NO2S/c22-17(13-21-10-8-20-16(12-21)9-11-24-20)14-23-19-7-3-5-15-4-1-2-6-18(15)19/h1-2,4,6,9,11,17,19,22H,3,5,7-8,10,12-14H2/t17-,19+/m0/s1. The monoisotopic (exact) mass is 343 g/mol. The molecule has 0 bridgehead atoms. The molecular formula is C20H25NO2S. The first kappa shape index (κ1) is 16.3. The van der Waals surface area contributed by atoms with Gasteiger partial charge in [0.25, 0.3) is 0 Å². The topological polar surface area (TPSA) is 32.7 Å². The third-order valence-electron chi connectivity index (χ3n) is 5.16. The summed E-state index contributed by atoms with van der Waals surface area (Å²) < 4.78 is 6.09. The molecule has 2 aliphatic rings. The minimum Gasteiger partial charge on any atom is -0.389 e. The number of benzene rings is 1. The van der Waals surface area contributed by atoms with Crippen molar-refractivity contribution in [2.45, 2.75) is 44.4 Å². The quantitative estimate of drug-likeness (QED) is 0.901. The Labute approximate surface area is 147 Å². The Morgan fingerprint density at radius 1 is 1.21 bits per heavy atom. The molecule has 0 amide bonds. The van der Waals surface area contributed by atoms with Crippen molar-refractivity contribution in [1.82, 2.24) is 4.90 Å². The highest BCUT2D eigenvalue weighted by atomic mass is 32.1. The van der Waals surface area contributed by atoms with E-state index in [9.17, 15) is 5.11 Å². The van der Waals surface area contributed by atoms with Crippen LogP contribution in [0.15, 0.2) is 35.7 Å². The smallest absolute Gasteiger partial charge is 0.0900 e. The van der Waals surface area contributed by atoms with Gasteiger partial charge in [-0.3, -0.25) is 4.90 Å². The van der Waals surface area contributed by atoms with Crippen LogP contribution in [0.1, 0.15) is 40.5 Å². The highest BCUT2D eigenvalue weighted by Crippen LogP contribution is 2.32. The van der Waals surface area contributed by atoms with Gasteiger partial charge in [0.2, 0.25) is 0 Å². The van der Waals surface area contributed by atoms with Gasteiger partial charge in [-0.05, 0) is 53.8 Å². The average Bonchev–Trinajstić information content (AvgIpc) is 3.07. The molecule has 4 heteroatoms. The zero-order valence-corrected chi connectivity index (χ0v) is 14.8. The van der Waals surface area contributed by atoms with Crippen LogP contribution in [-0.2, 0) is 24.1 Å². The molecule has 1 aromatic carbocycles. The van der Waals surface area contributed by atoms with E-state index in [1.807, 2.05) is 11.3 Å². The molecule has 1 aliphatic heterocycles. The Bertz CT molecular complexity index is 684. The lowest BCUT2D eigenvalue weighted by atomic mass is 9.89. The number of β-amino-alcohol motifs (C(OH)–C–C–N with tert-alkyl or cyclic N) is 1. The van der Waals surface area contributed by atoms with Crippen LogP contribution in [0.4, 0.5) is 0 Å². The van der Waals surface area contributed by atoms with Gasteiger partial charge in [-0.25, -0.2) is 0 Å². The highest BCUT2D eigenvalue weighted by Gasteiger charge is 2.23. The lowest BCUT2D eigenvalue weighted by Gasteiger charge is -2.30. The van der Waals surface area contributed by atoms with Crippen LogP contribution >= 0.6 is 11.3 Å². The zero-order valence-electron chi connectivity index (χ0n) is 14.0. The van der Waals surface area contributed by atoms with Crippen LogP contribution in [0.3, 0.4) is 0 Å². The first-order valence-corrected chi connectivity index (χ1v) is 9.82. The number of aliphatic hydroxyl groups excluding tert-OH is 1. The minimum atomic E-state index is -0.417. The molecule has 2 atom stereocenters.